The minimum absolute atomic E-state index is 0.000466. The van der Waals surface area contributed by atoms with Gasteiger partial charge in [-0.3, -0.25) is 19.3 Å². The lowest BCUT2D eigenvalue weighted by atomic mass is 10.1. The van der Waals surface area contributed by atoms with Crippen LogP contribution < -0.4 is 5.32 Å². The van der Waals surface area contributed by atoms with Gasteiger partial charge < -0.3 is 9.73 Å². The summed E-state index contributed by atoms with van der Waals surface area (Å²) in [6, 6.07) is 11.6. The quantitative estimate of drug-likeness (QED) is 0.390. The monoisotopic (exact) mass is 514 g/mol. The van der Waals surface area contributed by atoms with Gasteiger partial charge >= 0.3 is 6.18 Å². The number of alkyl halides is 3. The zero-order valence-electron chi connectivity index (χ0n) is 19.5. The zero-order valence-corrected chi connectivity index (χ0v) is 20.3. The Kier molecular flexibility index (Phi) is 6.81. The molecule has 3 aromatic rings. The predicted molar refractivity (Wildman–Crippen MR) is 131 cm³/mol. The largest absolute Gasteiger partial charge is 0.457 e. The van der Waals surface area contributed by atoms with Crippen LogP contribution in [-0.4, -0.2) is 28.5 Å². The number of imide groups is 1. The third kappa shape index (κ3) is 5.23. The predicted octanol–water partition coefficient (Wildman–Crippen LogP) is 6.57. The highest BCUT2D eigenvalue weighted by atomic mass is 32.2. The molecule has 0 bridgehead atoms. The standard InChI is InChI=1S/C26H21F3N2O4S/c1-14-10-15(2)23(16(3)11-14)30-22(32)13-31-24(33)21(36-25(31)34)12-17-8-9-20(35-17)18-6-4-5-7-19(18)26(27,28)29/h4-12H,13H2,1-3H3,(H,30,32)/b21-12+. The highest BCUT2D eigenvalue weighted by molar-refractivity contribution is 8.18. The van der Waals surface area contributed by atoms with Crippen molar-refractivity contribution in [3.8, 4) is 11.3 Å². The van der Waals surface area contributed by atoms with Crippen molar-refractivity contribution >= 4 is 40.6 Å². The van der Waals surface area contributed by atoms with Crippen LogP contribution in [0.4, 0.5) is 23.7 Å². The molecule has 1 aromatic heterocycles. The molecule has 0 saturated carbocycles. The van der Waals surface area contributed by atoms with Gasteiger partial charge in [0.2, 0.25) is 5.91 Å². The topological polar surface area (TPSA) is 79.6 Å². The Bertz CT molecular complexity index is 1390. The van der Waals surface area contributed by atoms with Crippen LogP contribution in [-0.2, 0) is 15.8 Å². The van der Waals surface area contributed by atoms with Crippen LogP contribution in [0, 0.1) is 20.8 Å². The molecule has 36 heavy (non-hydrogen) atoms. The number of nitrogens with zero attached hydrogens (tertiary/aromatic N) is 1. The summed E-state index contributed by atoms with van der Waals surface area (Å²) in [6.45, 7) is 5.17. The van der Waals surface area contributed by atoms with Crippen LogP contribution in [0.3, 0.4) is 0 Å². The molecule has 0 atom stereocenters. The fourth-order valence-electron chi connectivity index (χ4n) is 3.99. The fraction of sp³-hybridized carbons (Fsp3) is 0.192. The molecule has 3 amide bonds. The van der Waals surface area contributed by atoms with Crippen LogP contribution in [0.15, 0.2) is 57.9 Å². The number of amides is 3. The molecule has 6 nitrogen and oxygen atoms in total. The maximum atomic E-state index is 13.3. The molecule has 1 saturated heterocycles. The molecule has 1 N–H and O–H groups in total. The molecule has 0 aliphatic carbocycles. The van der Waals surface area contributed by atoms with Crippen molar-refractivity contribution in [2.75, 3.05) is 11.9 Å². The number of hydrogen-bond acceptors (Lipinski definition) is 5. The molecule has 1 aliphatic heterocycles. The summed E-state index contributed by atoms with van der Waals surface area (Å²) in [5.74, 6) is -1.15. The van der Waals surface area contributed by atoms with Gasteiger partial charge in [-0.05, 0) is 61.9 Å². The number of benzene rings is 2. The maximum absolute atomic E-state index is 13.3. The number of carbonyl (C=O) groups is 3. The lowest BCUT2D eigenvalue weighted by Crippen LogP contribution is -2.36. The molecular formula is C26H21F3N2O4S. The van der Waals surface area contributed by atoms with Crippen molar-refractivity contribution in [1.82, 2.24) is 4.90 Å². The van der Waals surface area contributed by atoms with Gasteiger partial charge in [-0.2, -0.15) is 13.2 Å². The van der Waals surface area contributed by atoms with E-state index in [0.717, 1.165) is 27.7 Å². The summed E-state index contributed by atoms with van der Waals surface area (Å²) in [4.78, 5) is 38.6. The molecule has 0 spiro atoms. The van der Waals surface area contributed by atoms with Crippen LogP contribution in [0.5, 0.6) is 0 Å². The van der Waals surface area contributed by atoms with E-state index in [4.69, 9.17) is 4.42 Å². The van der Waals surface area contributed by atoms with Gasteiger partial charge in [0, 0.05) is 17.3 Å². The molecule has 2 heterocycles. The SMILES string of the molecule is Cc1cc(C)c(NC(=O)CN2C(=O)S/C(=C/c3ccc(-c4ccccc4C(F)(F)F)o3)C2=O)c(C)c1. The number of anilines is 1. The Hall–Kier alpha value is -3.79. The van der Waals surface area contributed by atoms with Crippen molar-refractivity contribution in [1.29, 1.82) is 0 Å². The van der Waals surface area contributed by atoms with E-state index >= 15 is 0 Å². The van der Waals surface area contributed by atoms with Gasteiger partial charge in [-0.25, -0.2) is 0 Å². The smallest absolute Gasteiger partial charge is 0.417 e. The van der Waals surface area contributed by atoms with E-state index in [1.807, 2.05) is 32.9 Å². The Balaban J connectivity index is 1.50. The van der Waals surface area contributed by atoms with Crippen molar-refractivity contribution in [3.63, 3.8) is 0 Å². The van der Waals surface area contributed by atoms with Crippen LogP contribution in [0.1, 0.15) is 28.0 Å². The highest BCUT2D eigenvalue weighted by Crippen LogP contribution is 2.38. The first kappa shape index (κ1) is 25.3. The minimum Gasteiger partial charge on any atom is -0.457 e. The minimum atomic E-state index is -4.57. The Morgan fingerprint density at radius 2 is 1.72 bits per heavy atom. The molecule has 0 unspecified atom stereocenters. The molecule has 0 radical (unpaired) electrons. The van der Waals surface area contributed by atoms with E-state index in [9.17, 15) is 27.6 Å². The number of rotatable bonds is 5. The zero-order chi connectivity index (χ0) is 26.2. The summed E-state index contributed by atoms with van der Waals surface area (Å²) in [5.41, 5.74) is 2.39. The van der Waals surface area contributed by atoms with Gasteiger partial charge in [-0.15, -0.1) is 0 Å². The van der Waals surface area contributed by atoms with Crippen LogP contribution in [0.2, 0.25) is 0 Å². The highest BCUT2D eigenvalue weighted by Gasteiger charge is 2.37. The summed E-state index contributed by atoms with van der Waals surface area (Å²) in [6.07, 6.45) is -3.29. The first-order chi connectivity index (χ1) is 16.9. The molecule has 4 rings (SSSR count). The van der Waals surface area contributed by atoms with E-state index in [1.54, 1.807) is 0 Å². The van der Waals surface area contributed by atoms with E-state index in [1.165, 1.54) is 36.4 Å². The summed E-state index contributed by atoms with van der Waals surface area (Å²) >= 11 is 0.624. The maximum Gasteiger partial charge on any atom is 0.417 e. The number of carbonyl (C=O) groups excluding carboxylic acids is 3. The third-order valence-corrected chi connectivity index (χ3v) is 6.42. The average molecular weight is 515 g/mol. The van der Waals surface area contributed by atoms with Crippen molar-refractivity contribution in [3.05, 3.63) is 81.5 Å². The normalized spacial score (nSPS) is 15.2. The fourth-order valence-corrected chi connectivity index (χ4v) is 4.80. The number of thioether (sulfide) groups is 1. The van der Waals surface area contributed by atoms with E-state index in [-0.39, 0.29) is 22.0 Å². The second-order valence-electron chi connectivity index (χ2n) is 8.34. The molecular weight excluding hydrogens is 493 g/mol. The Morgan fingerprint density at radius 3 is 2.39 bits per heavy atom. The Morgan fingerprint density at radius 1 is 1.06 bits per heavy atom. The van der Waals surface area contributed by atoms with E-state index in [0.29, 0.717) is 17.4 Å². The van der Waals surface area contributed by atoms with Crippen molar-refractivity contribution < 1.29 is 32.0 Å². The lowest BCUT2D eigenvalue weighted by Gasteiger charge is -2.15. The Labute approximate surface area is 209 Å². The van der Waals surface area contributed by atoms with E-state index < -0.39 is 35.3 Å². The summed E-state index contributed by atoms with van der Waals surface area (Å²) < 4.78 is 45.5. The van der Waals surface area contributed by atoms with E-state index in [2.05, 4.69) is 5.32 Å². The summed E-state index contributed by atoms with van der Waals surface area (Å²) in [7, 11) is 0. The molecule has 10 heteroatoms. The van der Waals surface area contributed by atoms with Gasteiger partial charge in [0.15, 0.2) is 0 Å². The number of aryl methyl sites for hydroxylation is 3. The first-order valence-electron chi connectivity index (χ1n) is 10.8. The first-order valence-corrected chi connectivity index (χ1v) is 11.6. The molecule has 1 fully saturated rings. The number of halogens is 3. The third-order valence-electron chi connectivity index (χ3n) is 5.51. The number of nitrogens with one attached hydrogen (secondary N) is 1. The van der Waals surface area contributed by atoms with Crippen molar-refractivity contribution in [2.45, 2.75) is 26.9 Å². The van der Waals surface area contributed by atoms with Gasteiger partial charge in [0.05, 0.1) is 10.5 Å². The van der Waals surface area contributed by atoms with Gasteiger partial charge in [-0.1, -0.05) is 35.9 Å². The molecule has 1 aliphatic rings. The lowest BCUT2D eigenvalue weighted by molar-refractivity contribution is -0.137. The molecule has 186 valence electrons. The second-order valence-corrected chi connectivity index (χ2v) is 9.33. The average Bonchev–Trinajstić information content (AvgIpc) is 3.36. The summed E-state index contributed by atoms with van der Waals surface area (Å²) in [5, 5.41) is 2.12. The van der Waals surface area contributed by atoms with Crippen molar-refractivity contribution in [2.24, 2.45) is 0 Å². The van der Waals surface area contributed by atoms with Crippen LogP contribution in [0.25, 0.3) is 17.4 Å². The van der Waals surface area contributed by atoms with Crippen LogP contribution >= 0.6 is 11.8 Å². The second kappa shape index (κ2) is 9.69. The molecule has 2 aromatic carbocycles. The number of furan rings is 1. The number of hydrogen-bond donors (Lipinski definition) is 1. The van der Waals surface area contributed by atoms with Gasteiger partial charge in [0.1, 0.15) is 18.1 Å². The van der Waals surface area contributed by atoms with Gasteiger partial charge in [0.25, 0.3) is 11.1 Å².